The minimum Gasteiger partial charge on any atom is -0.493 e. The average molecular weight is 259 g/mol. The Hall–Kier alpha value is -1.27. The average Bonchev–Trinajstić information content (AvgIpc) is 2.24. The summed E-state index contributed by atoms with van der Waals surface area (Å²) in [5.74, 6) is 1.22. The van der Waals surface area contributed by atoms with E-state index in [9.17, 15) is 8.42 Å². The molecule has 0 amide bonds. The van der Waals surface area contributed by atoms with Crippen molar-refractivity contribution in [1.29, 1.82) is 0 Å². The van der Waals surface area contributed by atoms with E-state index < -0.39 is 10.0 Å². The van der Waals surface area contributed by atoms with Crippen molar-refractivity contribution in [1.82, 2.24) is 4.72 Å². The van der Waals surface area contributed by atoms with Gasteiger partial charge in [0, 0.05) is 0 Å². The number of nitrogens with one attached hydrogen (secondary N) is 1. The molecule has 0 saturated heterocycles. The van der Waals surface area contributed by atoms with Gasteiger partial charge >= 0.3 is 0 Å². The molecule has 1 aromatic carbocycles. The molecule has 1 aromatic rings. The predicted molar refractivity (Wildman–Crippen MR) is 65.9 cm³/mol. The molecule has 0 bridgehead atoms. The molecule has 96 valence electrons. The van der Waals surface area contributed by atoms with E-state index in [4.69, 9.17) is 9.47 Å². The maximum absolute atomic E-state index is 11.0. The fourth-order valence-corrected chi connectivity index (χ4v) is 2.15. The molecular weight excluding hydrogens is 242 g/mol. The van der Waals surface area contributed by atoms with Crippen molar-refractivity contribution in [2.45, 2.75) is 13.0 Å². The molecule has 0 aliphatic rings. The lowest BCUT2D eigenvalue weighted by Crippen LogP contribution is -2.35. The second-order valence-corrected chi connectivity index (χ2v) is 5.53. The highest BCUT2D eigenvalue weighted by Gasteiger charge is 2.10. The van der Waals surface area contributed by atoms with Gasteiger partial charge in [0.1, 0.15) is 6.61 Å². The SMILES string of the molecule is COc1ccccc1OC[C@@H](C)NS(C)(=O)=O. The lowest BCUT2D eigenvalue weighted by Gasteiger charge is -2.15. The molecule has 0 aliphatic carbocycles. The minimum atomic E-state index is -3.20. The first-order valence-corrected chi connectivity index (χ1v) is 7.04. The predicted octanol–water partition coefficient (Wildman–Crippen LogP) is 1.01. The summed E-state index contributed by atoms with van der Waals surface area (Å²) in [6, 6.07) is 6.92. The smallest absolute Gasteiger partial charge is 0.209 e. The maximum atomic E-state index is 11.0. The van der Waals surface area contributed by atoms with Crippen LogP contribution in [0.25, 0.3) is 0 Å². The molecule has 1 N–H and O–H groups in total. The summed E-state index contributed by atoms with van der Waals surface area (Å²) in [4.78, 5) is 0. The first kappa shape index (κ1) is 13.8. The van der Waals surface area contributed by atoms with Gasteiger partial charge in [0.05, 0.1) is 19.4 Å². The zero-order chi connectivity index (χ0) is 12.9. The van der Waals surface area contributed by atoms with Crippen molar-refractivity contribution >= 4 is 10.0 Å². The van der Waals surface area contributed by atoms with Gasteiger partial charge in [-0.2, -0.15) is 0 Å². The van der Waals surface area contributed by atoms with E-state index in [1.807, 2.05) is 12.1 Å². The van der Waals surface area contributed by atoms with Crippen LogP contribution in [0.15, 0.2) is 24.3 Å². The summed E-state index contributed by atoms with van der Waals surface area (Å²) in [5.41, 5.74) is 0. The second-order valence-electron chi connectivity index (χ2n) is 3.75. The Bertz CT molecular complexity index is 458. The summed E-state index contributed by atoms with van der Waals surface area (Å²) in [5, 5.41) is 0. The van der Waals surface area contributed by atoms with Crippen molar-refractivity contribution in [3.05, 3.63) is 24.3 Å². The molecule has 0 fully saturated rings. The van der Waals surface area contributed by atoms with Gasteiger partial charge in [-0.1, -0.05) is 12.1 Å². The van der Waals surface area contributed by atoms with E-state index in [1.54, 1.807) is 26.2 Å². The fourth-order valence-electron chi connectivity index (χ4n) is 1.35. The van der Waals surface area contributed by atoms with E-state index in [0.29, 0.717) is 11.5 Å². The molecule has 1 atom stereocenters. The molecule has 0 radical (unpaired) electrons. The van der Waals surface area contributed by atoms with Crippen molar-refractivity contribution in [2.24, 2.45) is 0 Å². The van der Waals surface area contributed by atoms with Crippen LogP contribution in [0.2, 0.25) is 0 Å². The molecule has 17 heavy (non-hydrogen) atoms. The zero-order valence-electron chi connectivity index (χ0n) is 10.1. The summed E-state index contributed by atoms with van der Waals surface area (Å²) >= 11 is 0. The lowest BCUT2D eigenvalue weighted by atomic mass is 10.3. The highest BCUT2D eigenvalue weighted by atomic mass is 32.2. The van der Waals surface area contributed by atoms with Crippen LogP contribution in [0.5, 0.6) is 11.5 Å². The van der Waals surface area contributed by atoms with Gasteiger partial charge in [0.2, 0.25) is 10.0 Å². The Morgan fingerprint density at radius 2 is 1.88 bits per heavy atom. The van der Waals surface area contributed by atoms with Gasteiger partial charge in [-0.15, -0.1) is 0 Å². The number of hydrogen-bond acceptors (Lipinski definition) is 4. The number of sulfonamides is 1. The molecule has 6 heteroatoms. The van der Waals surface area contributed by atoms with Gasteiger partial charge in [0.15, 0.2) is 11.5 Å². The van der Waals surface area contributed by atoms with Crippen LogP contribution in [0, 0.1) is 0 Å². The largest absolute Gasteiger partial charge is 0.493 e. The third-order valence-corrected chi connectivity index (χ3v) is 2.80. The number of rotatable bonds is 6. The number of hydrogen-bond donors (Lipinski definition) is 1. The molecule has 0 spiro atoms. The summed E-state index contributed by atoms with van der Waals surface area (Å²) < 4.78 is 35.0. The van der Waals surface area contributed by atoms with E-state index in [1.165, 1.54) is 0 Å². The zero-order valence-corrected chi connectivity index (χ0v) is 11.0. The highest BCUT2D eigenvalue weighted by Crippen LogP contribution is 2.25. The summed E-state index contributed by atoms with van der Waals surface area (Å²) in [6.07, 6.45) is 1.12. The van der Waals surface area contributed by atoms with Crippen molar-refractivity contribution in [3.8, 4) is 11.5 Å². The Balaban J connectivity index is 2.55. The standard InChI is InChI=1S/C11H17NO4S/c1-9(12-17(3,13)14)8-16-11-7-5-4-6-10(11)15-2/h4-7,9,12H,8H2,1-3H3/t9-/m1/s1. The van der Waals surface area contributed by atoms with Crippen LogP contribution >= 0.6 is 0 Å². The van der Waals surface area contributed by atoms with Crippen LogP contribution in [0.1, 0.15) is 6.92 Å². The van der Waals surface area contributed by atoms with Crippen LogP contribution in [-0.2, 0) is 10.0 Å². The molecular formula is C11H17NO4S. The normalized spacial score (nSPS) is 13.1. The van der Waals surface area contributed by atoms with Crippen LogP contribution < -0.4 is 14.2 Å². The topological polar surface area (TPSA) is 64.6 Å². The van der Waals surface area contributed by atoms with Gasteiger partial charge < -0.3 is 9.47 Å². The lowest BCUT2D eigenvalue weighted by molar-refractivity contribution is 0.271. The van der Waals surface area contributed by atoms with E-state index in [-0.39, 0.29) is 12.6 Å². The molecule has 1 rings (SSSR count). The molecule has 0 aliphatic heterocycles. The first-order valence-electron chi connectivity index (χ1n) is 5.15. The fraction of sp³-hybridized carbons (Fsp3) is 0.455. The number of ether oxygens (including phenoxy) is 2. The van der Waals surface area contributed by atoms with Crippen molar-refractivity contribution < 1.29 is 17.9 Å². The van der Waals surface area contributed by atoms with Gasteiger partial charge in [0.25, 0.3) is 0 Å². The Kier molecular flexibility index (Phi) is 4.77. The van der Waals surface area contributed by atoms with Crippen LogP contribution in [0.3, 0.4) is 0 Å². The number of methoxy groups -OCH3 is 1. The van der Waals surface area contributed by atoms with Gasteiger partial charge in [-0.05, 0) is 19.1 Å². The quantitative estimate of drug-likeness (QED) is 0.828. The van der Waals surface area contributed by atoms with Crippen LogP contribution in [0.4, 0.5) is 0 Å². The molecule has 0 saturated carbocycles. The summed E-state index contributed by atoms with van der Waals surface area (Å²) in [6.45, 7) is 1.98. The van der Waals surface area contributed by atoms with Gasteiger partial charge in [-0.25, -0.2) is 13.1 Å². The Morgan fingerprint density at radius 3 is 2.41 bits per heavy atom. The number of benzene rings is 1. The van der Waals surface area contributed by atoms with E-state index >= 15 is 0 Å². The molecule has 0 heterocycles. The minimum absolute atomic E-state index is 0.243. The molecule has 0 unspecified atom stereocenters. The Labute approximate surface area is 102 Å². The monoisotopic (exact) mass is 259 g/mol. The molecule has 5 nitrogen and oxygen atoms in total. The first-order chi connectivity index (χ1) is 7.92. The summed E-state index contributed by atoms with van der Waals surface area (Å²) in [7, 11) is -1.65. The van der Waals surface area contributed by atoms with Crippen LogP contribution in [-0.4, -0.2) is 34.4 Å². The second kappa shape index (κ2) is 5.88. The third-order valence-electron chi connectivity index (χ3n) is 1.97. The van der Waals surface area contributed by atoms with Gasteiger partial charge in [-0.3, -0.25) is 0 Å². The van der Waals surface area contributed by atoms with E-state index in [0.717, 1.165) is 6.26 Å². The maximum Gasteiger partial charge on any atom is 0.209 e. The Morgan fingerprint density at radius 1 is 1.29 bits per heavy atom. The van der Waals surface area contributed by atoms with Crippen molar-refractivity contribution in [2.75, 3.05) is 20.0 Å². The highest BCUT2D eigenvalue weighted by molar-refractivity contribution is 7.88. The van der Waals surface area contributed by atoms with Crippen molar-refractivity contribution in [3.63, 3.8) is 0 Å². The molecule has 0 aromatic heterocycles. The van der Waals surface area contributed by atoms with E-state index in [2.05, 4.69) is 4.72 Å². The number of para-hydroxylation sites is 2. The third kappa shape index (κ3) is 5.06.